The summed E-state index contributed by atoms with van der Waals surface area (Å²) in [5.74, 6) is 2.27. The molecule has 2 amide bonds. The van der Waals surface area contributed by atoms with Crippen LogP contribution >= 0.6 is 0 Å². The minimum absolute atomic E-state index is 0.0941. The average molecular weight is 417 g/mol. The molecular formula is C27H32N2O2. The van der Waals surface area contributed by atoms with Gasteiger partial charge in [0.2, 0.25) is 0 Å². The summed E-state index contributed by atoms with van der Waals surface area (Å²) < 4.78 is 0. The molecule has 4 bridgehead atoms. The molecule has 0 spiro atoms. The number of para-hydroxylation sites is 1. The Balaban J connectivity index is 1.32. The Kier molecular flexibility index (Phi) is 5.11. The van der Waals surface area contributed by atoms with Gasteiger partial charge in [0.1, 0.15) is 0 Å². The largest absolute Gasteiger partial charge is 0.349 e. The molecule has 4 saturated carbocycles. The van der Waals surface area contributed by atoms with Crippen molar-refractivity contribution in [3.8, 4) is 0 Å². The van der Waals surface area contributed by atoms with Crippen molar-refractivity contribution < 1.29 is 9.59 Å². The highest BCUT2D eigenvalue weighted by molar-refractivity contribution is 6.09. The second kappa shape index (κ2) is 7.81. The van der Waals surface area contributed by atoms with Crippen molar-refractivity contribution in [1.82, 2.24) is 5.32 Å². The van der Waals surface area contributed by atoms with E-state index in [2.05, 4.69) is 17.6 Å². The van der Waals surface area contributed by atoms with Crippen molar-refractivity contribution >= 4 is 17.5 Å². The second-order valence-electron chi connectivity index (χ2n) is 10.3. The fourth-order valence-corrected chi connectivity index (χ4v) is 6.91. The zero-order valence-electron chi connectivity index (χ0n) is 18.5. The third-order valence-corrected chi connectivity index (χ3v) is 8.05. The molecule has 4 aliphatic carbocycles. The Morgan fingerprint density at radius 1 is 0.903 bits per heavy atom. The molecule has 0 saturated heterocycles. The van der Waals surface area contributed by atoms with E-state index < -0.39 is 0 Å². The Labute approximate surface area is 184 Å². The van der Waals surface area contributed by atoms with Crippen LogP contribution in [0.25, 0.3) is 0 Å². The number of amides is 2. The van der Waals surface area contributed by atoms with Gasteiger partial charge in [-0.3, -0.25) is 9.59 Å². The number of anilines is 1. The number of hydrogen-bond acceptors (Lipinski definition) is 2. The van der Waals surface area contributed by atoms with Crippen LogP contribution in [0.5, 0.6) is 0 Å². The van der Waals surface area contributed by atoms with Crippen LogP contribution in [0.4, 0.5) is 5.69 Å². The molecule has 162 valence electrons. The first-order valence-corrected chi connectivity index (χ1v) is 11.7. The van der Waals surface area contributed by atoms with Gasteiger partial charge in [0, 0.05) is 11.6 Å². The van der Waals surface area contributed by atoms with E-state index >= 15 is 0 Å². The van der Waals surface area contributed by atoms with E-state index in [1.807, 2.05) is 37.3 Å². The molecule has 6 rings (SSSR count). The van der Waals surface area contributed by atoms with Gasteiger partial charge in [0.15, 0.2) is 0 Å². The number of benzene rings is 2. The molecule has 2 aromatic rings. The third kappa shape index (κ3) is 3.88. The number of carbonyl (C=O) groups excluding carboxylic acids is 2. The standard InChI is InChI=1S/C27H32N2O2/c1-17-6-5-7-22(10-17)25(30)29-24-9-4-3-8-23(24)26(31)28-18(2)27-14-19-11-20(15-27)13-21(12-19)16-27/h3-10,18-21H,11-16H2,1-2H3,(H,28,31)(H,29,30)/t18-,19?,20?,21?,27?/m1/s1. The lowest BCUT2D eigenvalue weighted by atomic mass is 9.48. The second-order valence-corrected chi connectivity index (χ2v) is 10.3. The van der Waals surface area contributed by atoms with E-state index in [9.17, 15) is 9.59 Å². The molecule has 0 aromatic heterocycles. The van der Waals surface area contributed by atoms with Gasteiger partial charge in [0.25, 0.3) is 11.8 Å². The monoisotopic (exact) mass is 416 g/mol. The van der Waals surface area contributed by atoms with Crippen LogP contribution in [0.1, 0.15) is 71.7 Å². The fourth-order valence-electron chi connectivity index (χ4n) is 6.91. The number of hydrogen-bond donors (Lipinski definition) is 2. The maximum Gasteiger partial charge on any atom is 0.255 e. The van der Waals surface area contributed by atoms with Crippen molar-refractivity contribution in [3.05, 3.63) is 65.2 Å². The lowest BCUT2D eigenvalue weighted by Gasteiger charge is -2.59. The first-order chi connectivity index (χ1) is 14.9. The molecular weight excluding hydrogens is 384 g/mol. The first-order valence-electron chi connectivity index (χ1n) is 11.7. The van der Waals surface area contributed by atoms with Crippen molar-refractivity contribution in [2.24, 2.45) is 23.2 Å². The van der Waals surface area contributed by atoms with Crippen molar-refractivity contribution in [3.63, 3.8) is 0 Å². The Morgan fingerprint density at radius 3 is 2.19 bits per heavy atom. The van der Waals surface area contributed by atoms with Crippen molar-refractivity contribution in [2.75, 3.05) is 5.32 Å². The van der Waals surface area contributed by atoms with Gasteiger partial charge < -0.3 is 10.6 Å². The minimum Gasteiger partial charge on any atom is -0.349 e. The predicted octanol–water partition coefficient (Wildman–Crippen LogP) is 5.58. The quantitative estimate of drug-likeness (QED) is 0.668. The molecule has 4 aliphatic rings. The highest BCUT2D eigenvalue weighted by atomic mass is 16.2. The van der Waals surface area contributed by atoms with Crippen LogP contribution in [0.3, 0.4) is 0 Å². The van der Waals surface area contributed by atoms with E-state index in [1.165, 1.54) is 38.5 Å². The molecule has 2 aromatic carbocycles. The molecule has 4 heteroatoms. The molecule has 31 heavy (non-hydrogen) atoms. The number of aryl methyl sites for hydroxylation is 1. The summed E-state index contributed by atoms with van der Waals surface area (Å²) in [5.41, 5.74) is 2.97. The molecule has 0 heterocycles. The number of rotatable bonds is 5. The normalized spacial score (nSPS) is 29.4. The van der Waals surface area contributed by atoms with Crippen LogP contribution in [0.2, 0.25) is 0 Å². The van der Waals surface area contributed by atoms with Crippen molar-refractivity contribution in [2.45, 2.75) is 58.4 Å². The van der Waals surface area contributed by atoms with Crippen LogP contribution in [-0.2, 0) is 0 Å². The summed E-state index contributed by atoms with van der Waals surface area (Å²) in [7, 11) is 0. The molecule has 0 radical (unpaired) electrons. The van der Waals surface area contributed by atoms with E-state index in [0.717, 1.165) is 23.3 Å². The van der Waals surface area contributed by atoms with E-state index in [4.69, 9.17) is 0 Å². The molecule has 4 nitrogen and oxygen atoms in total. The van der Waals surface area contributed by atoms with Gasteiger partial charge in [0.05, 0.1) is 11.3 Å². The number of carbonyl (C=O) groups is 2. The van der Waals surface area contributed by atoms with Crippen LogP contribution in [-0.4, -0.2) is 17.9 Å². The lowest BCUT2D eigenvalue weighted by molar-refractivity contribution is -0.0687. The zero-order valence-corrected chi connectivity index (χ0v) is 18.5. The molecule has 0 aliphatic heterocycles. The average Bonchev–Trinajstić information content (AvgIpc) is 2.73. The zero-order chi connectivity index (χ0) is 21.6. The maximum absolute atomic E-state index is 13.3. The number of nitrogens with one attached hydrogen (secondary N) is 2. The van der Waals surface area contributed by atoms with Gasteiger partial charge in [-0.1, -0.05) is 29.8 Å². The highest BCUT2D eigenvalue weighted by Gasteiger charge is 2.53. The fraction of sp³-hybridized carbons (Fsp3) is 0.481. The van der Waals surface area contributed by atoms with Gasteiger partial charge in [-0.25, -0.2) is 0 Å². The Hall–Kier alpha value is -2.62. The molecule has 4 fully saturated rings. The first kappa shape index (κ1) is 20.3. The smallest absolute Gasteiger partial charge is 0.255 e. The van der Waals surface area contributed by atoms with Gasteiger partial charge in [-0.2, -0.15) is 0 Å². The molecule has 0 unspecified atom stereocenters. The van der Waals surface area contributed by atoms with Gasteiger partial charge in [-0.05, 0) is 99.8 Å². The SMILES string of the molecule is Cc1cccc(C(=O)Nc2ccccc2C(=O)N[C@H](C)C23CC4CC(CC(C4)C2)C3)c1. The summed E-state index contributed by atoms with van der Waals surface area (Å²) in [6, 6.07) is 14.9. The summed E-state index contributed by atoms with van der Waals surface area (Å²) in [4.78, 5) is 26.0. The lowest BCUT2D eigenvalue weighted by Crippen LogP contribution is -2.55. The summed E-state index contributed by atoms with van der Waals surface area (Å²) in [6.45, 7) is 4.16. The Bertz CT molecular complexity index is 977. The topological polar surface area (TPSA) is 58.2 Å². The van der Waals surface area contributed by atoms with E-state index in [-0.39, 0.29) is 23.3 Å². The maximum atomic E-state index is 13.3. The van der Waals surface area contributed by atoms with Crippen LogP contribution in [0, 0.1) is 30.1 Å². The van der Waals surface area contributed by atoms with Crippen molar-refractivity contribution in [1.29, 1.82) is 0 Å². The van der Waals surface area contributed by atoms with Crippen LogP contribution in [0.15, 0.2) is 48.5 Å². The third-order valence-electron chi connectivity index (χ3n) is 8.05. The predicted molar refractivity (Wildman–Crippen MR) is 123 cm³/mol. The van der Waals surface area contributed by atoms with E-state index in [1.54, 1.807) is 18.2 Å². The summed E-state index contributed by atoms with van der Waals surface area (Å²) in [5, 5.41) is 6.27. The molecule has 2 N–H and O–H groups in total. The van der Waals surface area contributed by atoms with Crippen LogP contribution < -0.4 is 10.6 Å². The highest BCUT2D eigenvalue weighted by Crippen LogP contribution is 2.61. The van der Waals surface area contributed by atoms with Gasteiger partial charge in [-0.15, -0.1) is 0 Å². The minimum atomic E-state index is -0.196. The van der Waals surface area contributed by atoms with E-state index in [0.29, 0.717) is 16.8 Å². The summed E-state index contributed by atoms with van der Waals surface area (Å²) in [6.07, 6.45) is 7.96. The summed E-state index contributed by atoms with van der Waals surface area (Å²) >= 11 is 0. The van der Waals surface area contributed by atoms with Gasteiger partial charge >= 0.3 is 0 Å². The molecule has 1 atom stereocenters. The Morgan fingerprint density at radius 2 is 1.55 bits per heavy atom.